The van der Waals surface area contributed by atoms with E-state index in [1.807, 2.05) is 12.1 Å². The Bertz CT molecular complexity index is 642. The molecule has 2 N–H and O–H groups in total. The van der Waals surface area contributed by atoms with Crippen LogP contribution in [0.5, 0.6) is 11.5 Å². The van der Waals surface area contributed by atoms with Crippen molar-refractivity contribution in [3.63, 3.8) is 0 Å². The molecule has 1 aliphatic rings. The molecule has 0 unspecified atom stereocenters. The van der Waals surface area contributed by atoms with Crippen LogP contribution in [0.15, 0.2) is 12.1 Å². The summed E-state index contributed by atoms with van der Waals surface area (Å²) in [6, 6.07) is 5.80. The summed E-state index contributed by atoms with van der Waals surface area (Å²) in [7, 11) is 0. The van der Waals surface area contributed by atoms with Gasteiger partial charge >= 0.3 is 0 Å². The minimum atomic E-state index is 0.225. The molecule has 6 nitrogen and oxygen atoms in total. The first-order valence-electron chi connectivity index (χ1n) is 5.69. The largest absolute Gasteiger partial charge is 0.486 e. The van der Waals surface area contributed by atoms with Gasteiger partial charge in [-0.3, -0.25) is 0 Å². The van der Waals surface area contributed by atoms with E-state index < -0.39 is 0 Å². The van der Waals surface area contributed by atoms with Gasteiger partial charge in [-0.25, -0.2) is 4.98 Å². The molecule has 0 bridgehead atoms. The summed E-state index contributed by atoms with van der Waals surface area (Å²) in [6.45, 7) is 1.60. The van der Waals surface area contributed by atoms with E-state index in [2.05, 4.69) is 11.1 Å². The van der Waals surface area contributed by atoms with E-state index in [-0.39, 0.29) is 6.54 Å². The van der Waals surface area contributed by atoms with Crippen molar-refractivity contribution in [1.29, 1.82) is 5.26 Å². The maximum absolute atomic E-state index is 8.86. The fraction of sp³-hybridized carbons (Fsp3) is 0.333. The lowest BCUT2D eigenvalue weighted by Gasteiger charge is -2.18. The molecule has 0 fully saturated rings. The van der Waals surface area contributed by atoms with Crippen molar-refractivity contribution in [1.82, 2.24) is 9.55 Å². The van der Waals surface area contributed by atoms with E-state index >= 15 is 0 Å². The SMILES string of the molecule is N#CCn1c(CN)nc2cc3c(cc21)OCCO3. The van der Waals surface area contributed by atoms with Gasteiger partial charge in [0, 0.05) is 12.1 Å². The van der Waals surface area contributed by atoms with Crippen LogP contribution in [-0.4, -0.2) is 22.8 Å². The van der Waals surface area contributed by atoms with E-state index in [1.54, 1.807) is 4.57 Å². The number of ether oxygens (including phenoxy) is 2. The van der Waals surface area contributed by atoms with Crippen molar-refractivity contribution in [2.75, 3.05) is 13.2 Å². The molecule has 2 aromatic rings. The molecule has 0 amide bonds. The van der Waals surface area contributed by atoms with Crippen molar-refractivity contribution in [2.24, 2.45) is 5.73 Å². The van der Waals surface area contributed by atoms with Crippen molar-refractivity contribution in [2.45, 2.75) is 13.1 Å². The van der Waals surface area contributed by atoms with E-state index in [0.29, 0.717) is 37.1 Å². The lowest BCUT2D eigenvalue weighted by atomic mass is 10.2. The van der Waals surface area contributed by atoms with Crippen molar-refractivity contribution < 1.29 is 9.47 Å². The van der Waals surface area contributed by atoms with Crippen LogP contribution >= 0.6 is 0 Å². The minimum absolute atomic E-state index is 0.225. The fourth-order valence-corrected chi connectivity index (χ4v) is 2.11. The number of nitrogens with zero attached hydrogens (tertiary/aromatic N) is 3. The molecule has 0 atom stereocenters. The van der Waals surface area contributed by atoms with Crippen LogP contribution < -0.4 is 15.2 Å². The Morgan fingerprint density at radius 1 is 1.33 bits per heavy atom. The molecule has 92 valence electrons. The van der Waals surface area contributed by atoms with Gasteiger partial charge in [-0.2, -0.15) is 5.26 Å². The van der Waals surface area contributed by atoms with Gasteiger partial charge in [-0.1, -0.05) is 0 Å². The first kappa shape index (κ1) is 10.9. The predicted molar refractivity (Wildman–Crippen MR) is 64.2 cm³/mol. The molecule has 2 heterocycles. The lowest BCUT2D eigenvalue weighted by molar-refractivity contribution is 0.172. The topological polar surface area (TPSA) is 86.1 Å². The molecule has 0 saturated carbocycles. The monoisotopic (exact) mass is 244 g/mol. The summed E-state index contributed by atoms with van der Waals surface area (Å²) in [5.41, 5.74) is 7.26. The number of nitriles is 1. The highest BCUT2D eigenvalue weighted by atomic mass is 16.6. The molecule has 0 saturated heterocycles. The maximum Gasteiger partial charge on any atom is 0.163 e. The van der Waals surface area contributed by atoms with Crippen molar-refractivity contribution in [3.8, 4) is 17.6 Å². The second-order valence-electron chi connectivity index (χ2n) is 3.96. The number of nitrogens with two attached hydrogens (primary N) is 1. The van der Waals surface area contributed by atoms with Gasteiger partial charge in [-0.15, -0.1) is 0 Å². The second-order valence-corrected chi connectivity index (χ2v) is 3.96. The number of rotatable bonds is 2. The molecule has 0 aliphatic carbocycles. The van der Waals surface area contributed by atoms with Gasteiger partial charge in [0.15, 0.2) is 11.5 Å². The number of hydrogen-bond acceptors (Lipinski definition) is 5. The Morgan fingerprint density at radius 3 is 2.72 bits per heavy atom. The average molecular weight is 244 g/mol. The summed E-state index contributed by atoms with van der Waals surface area (Å²) in [5, 5.41) is 8.86. The molecule has 0 radical (unpaired) electrons. The van der Waals surface area contributed by atoms with Crippen LogP contribution in [0, 0.1) is 11.3 Å². The van der Waals surface area contributed by atoms with Gasteiger partial charge in [0.05, 0.1) is 23.6 Å². The van der Waals surface area contributed by atoms with E-state index in [4.69, 9.17) is 20.5 Å². The van der Waals surface area contributed by atoms with Gasteiger partial charge in [-0.05, 0) is 0 Å². The van der Waals surface area contributed by atoms with Gasteiger partial charge in [0.25, 0.3) is 0 Å². The molecule has 1 aliphatic heterocycles. The Hall–Kier alpha value is -2.26. The minimum Gasteiger partial charge on any atom is -0.486 e. The molecule has 0 spiro atoms. The molecule has 1 aromatic carbocycles. The highest BCUT2D eigenvalue weighted by Crippen LogP contribution is 2.34. The summed E-state index contributed by atoms with van der Waals surface area (Å²) in [4.78, 5) is 4.41. The third kappa shape index (κ3) is 1.57. The molecule has 3 rings (SSSR count). The van der Waals surface area contributed by atoms with E-state index in [1.165, 1.54) is 0 Å². The van der Waals surface area contributed by atoms with Crippen LogP contribution in [0.2, 0.25) is 0 Å². The van der Waals surface area contributed by atoms with Crippen molar-refractivity contribution in [3.05, 3.63) is 18.0 Å². The summed E-state index contributed by atoms with van der Waals surface area (Å²) < 4.78 is 12.8. The molecule has 18 heavy (non-hydrogen) atoms. The Balaban J connectivity index is 2.23. The molecular formula is C12H12N4O2. The molecule has 6 heteroatoms. The third-order valence-electron chi connectivity index (χ3n) is 2.90. The number of aromatic nitrogens is 2. The van der Waals surface area contributed by atoms with Gasteiger partial charge < -0.3 is 19.8 Å². The van der Waals surface area contributed by atoms with Gasteiger partial charge in [0.2, 0.25) is 0 Å². The zero-order valence-corrected chi connectivity index (χ0v) is 9.72. The predicted octanol–water partition coefficient (Wildman–Crippen LogP) is 0.790. The van der Waals surface area contributed by atoms with Crippen LogP contribution in [0.25, 0.3) is 11.0 Å². The Morgan fingerprint density at radius 2 is 2.06 bits per heavy atom. The highest BCUT2D eigenvalue weighted by Gasteiger charge is 2.17. The highest BCUT2D eigenvalue weighted by molar-refractivity contribution is 5.81. The van der Waals surface area contributed by atoms with Crippen molar-refractivity contribution >= 4 is 11.0 Å². The zero-order valence-electron chi connectivity index (χ0n) is 9.72. The Labute approximate surface area is 104 Å². The third-order valence-corrected chi connectivity index (χ3v) is 2.90. The van der Waals surface area contributed by atoms with Crippen LogP contribution in [0.1, 0.15) is 5.82 Å². The second kappa shape index (κ2) is 4.20. The van der Waals surface area contributed by atoms with Crippen LogP contribution in [-0.2, 0) is 13.1 Å². The molecular weight excluding hydrogens is 232 g/mol. The summed E-state index contributed by atoms with van der Waals surface area (Å²) in [5.74, 6) is 2.07. The van der Waals surface area contributed by atoms with Crippen LogP contribution in [0.3, 0.4) is 0 Å². The van der Waals surface area contributed by atoms with E-state index in [9.17, 15) is 0 Å². The average Bonchev–Trinajstić information content (AvgIpc) is 2.74. The number of fused-ring (bicyclic) bond motifs is 2. The van der Waals surface area contributed by atoms with E-state index in [0.717, 1.165) is 11.0 Å². The first-order chi connectivity index (χ1) is 8.83. The van der Waals surface area contributed by atoms with Gasteiger partial charge in [0.1, 0.15) is 25.6 Å². The quantitative estimate of drug-likeness (QED) is 0.844. The normalized spacial score (nSPS) is 13.6. The summed E-state index contributed by atoms with van der Waals surface area (Å²) >= 11 is 0. The molecule has 1 aromatic heterocycles. The summed E-state index contributed by atoms with van der Waals surface area (Å²) in [6.07, 6.45) is 0. The first-order valence-corrected chi connectivity index (χ1v) is 5.69. The maximum atomic E-state index is 8.86. The number of imidazole rings is 1. The zero-order chi connectivity index (χ0) is 12.5. The number of benzene rings is 1. The fourth-order valence-electron chi connectivity index (χ4n) is 2.11. The lowest BCUT2D eigenvalue weighted by Crippen LogP contribution is -2.15. The smallest absolute Gasteiger partial charge is 0.163 e. The Kier molecular flexibility index (Phi) is 2.54. The standard InChI is InChI=1S/C12H12N4O2/c13-1-2-16-9-6-11-10(17-3-4-18-11)5-8(9)15-12(16)7-14/h5-6H,2-4,7,14H2. The van der Waals surface area contributed by atoms with Crippen LogP contribution in [0.4, 0.5) is 0 Å². The number of hydrogen-bond donors (Lipinski definition) is 1.